The first-order chi connectivity index (χ1) is 3.93. The highest BCUT2D eigenvalue weighted by molar-refractivity contribution is 7.08. The third-order valence-corrected chi connectivity index (χ3v) is 1.33. The van der Waals surface area contributed by atoms with Gasteiger partial charge in [0.1, 0.15) is 5.01 Å². The Morgan fingerprint density at radius 1 is 1.88 bits per heavy atom. The molecule has 0 aromatic carbocycles. The van der Waals surface area contributed by atoms with E-state index in [1.807, 2.05) is 7.05 Å². The summed E-state index contributed by atoms with van der Waals surface area (Å²) in [6, 6.07) is 0. The van der Waals surface area contributed by atoms with Gasteiger partial charge in [0.2, 0.25) is 0 Å². The van der Waals surface area contributed by atoms with E-state index in [1.54, 1.807) is 0 Å². The van der Waals surface area contributed by atoms with Crippen LogP contribution >= 0.6 is 11.3 Å². The van der Waals surface area contributed by atoms with Crippen LogP contribution in [-0.2, 0) is 6.54 Å². The predicted octanol–water partition coefficient (Wildman–Crippen LogP) is 0.0577. The summed E-state index contributed by atoms with van der Waals surface area (Å²) in [5.41, 5.74) is 2.66. The molecule has 0 fully saturated rings. The molecule has 0 bridgehead atoms. The average Bonchev–Trinajstić information content (AvgIpc) is 2.19. The molecule has 0 aliphatic rings. The second kappa shape index (κ2) is 2.74. The molecule has 0 aliphatic heterocycles. The van der Waals surface area contributed by atoms with Crippen LogP contribution in [0.1, 0.15) is 5.01 Å². The molecule has 3 nitrogen and oxygen atoms in total. The number of aromatic nitrogens is 2. The normalized spacial score (nSPS) is 9.62. The molecule has 0 unspecified atom stereocenters. The van der Waals surface area contributed by atoms with Crippen LogP contribution in [0.2, 0.25) is 0 Å². The van der Waals surface area contributed by atoms with E-state index in [0.29, 0.717) is 0 Å². The van der Waals surface area contributed by atoms with Gasteiger partial charge < -0.3 is 5.32 Å². The van der Waals surface area contributed by atoms with Crippen LogP contribution < -0.4 is 5.32 Å². The van der Waals surface area contributed by atoms with E-state index in [9.17, 15) is 0 Å². The molecule has 1 heterocycles. The summed E-state index contributed by atoms with van der Waals surface area (Å²) < 4.78 is 0. The highest BCUT2D eigenvalue weighted by Crippen LogP contribution is 1.97. The Labute approximate surface area is 51.8 Å². The largest absolute Gasteiger partial charge is 0.313 e. The molecule has 1 N–H and O–H groups in total. The maximum Gasteiger partial charge on any atom is 0.178 e. The van der Waals surface area contributed by atoms with Gasteiger partial charge in [0.15, 0.2) is 5.51 Å². The zero-order valence-electron chi connectivity index (χ0n) is 4.51. The van der Waals surface area contributed by atoms with Gasteiger partial charge in [0.05, 0.1) is 0 Å². The summed E-state index contributed by atoms with van der Waals surface area (Å²) in [6.45, 7) is 0.793. The van der Waals surface area contributed by atoms with Crippen molar-refractivity contribution in [1.29, 1.82) is 0 Å². The number of hydrogen-bond acceptors (Lipinski definition) is 4. The van der Waals surface area contributed by atoms with Crippen molar-refractivity contribution in [3.63, 3.8) is 0 Å². The highest BCUT2D eigenvalue weighted by atomic mass is 32.1. The van der Waals surface area contributed by atoms with E-state index in [0.717, 1.165) is 11.6 Å². The summed E-state index contributed by atoms with van der Waals surface area (Å²) >= 11 is 1.44. The first-order valence-electron chi connectivity index (χ1n) is 2.26. The van der Waals surface area contributed by atoms with Gasteiger partial charge >= 0.3 is 0 Å². The van der Waals surface area contributed by atoms with Crippen molar-refractivity contribution in [2.75, 3.05) is 7.05 Å². The van der Waals surface area contributed by atoms with Crippen LogP contribution in [0.15, 0.2) is 0 Å². The Bertz CT molecular complexity index is 137. The summed E-state index contributed by atoms with van der Waals surface area (Å²) in [7, 11) is 1.88. The lowest BCUT2D eigenvalue weighted by molar-refractivity contribution is 0.794. The number of hydrogen-bond donors (Lipinski definition) is 1. The minimum atomic E-state index is 0.793. The maximum absolute atomic E-state index is 3.76. The molecule has 4 heteroatoms. The van der Waals surface area contributed by atoms with E-state index in [1.165, 1.54) is 11.3 Å². The van der Waals surface area contributed by atoms with E-state index in [-0.39, 0.29) is 0 Å². The Kier molecular flexibility index (Phi) is 1.93. The SMILES string of the molecule is CNCc1nn[c]s1. The molecule has 1 aromatic rings. The lowest BCUT2D eigenvalue weighted by Gasteiger charge is -1.86. The smallest absolute Gasteiger partial charge is 0.178 e. The van der Waals surface area contributed by atoms with Crippen molar-refractivity contribution < 1.29 is 0 Å². The average molecular weight is 128 g/mol. The molecule has 0 saturated heterocycles. The van der Waals surface area contributed by atoms with E-state index < -0.39 is 0 Å². The second-order valence-corrected chi connectivity index (χ2v) is 2.18. The van der Waals surface area contributed by atoms with Crippen LogP contribution in [0.25, 0.3) is 0 Å². The Morgan fingerprint density at radius 2 is 2.75 bits per heavy atom. The topological polar surface area (TPSA) is 37.8 Å². The van der Waals surface area contributed by atoms with Gasteiger partial charge in [0.25, 0.3) is 0 Å². The molecule has 1 radical (unpaired) electrons. The number of nitrogens with one attached hydrogen (secondary N) is 1. The lowest BCUT2D eigenvalue weighted by Crippen LogP contribution is -2.04. The standard InChI is InChI=1S/C4H6N3S/c1-5-2-4-7-6-3-8-4/h5H,2H2,1H3. The van der Waals surface area contributed by atoms with Gasteiger partial charge in [-0.15, -0.1) is 10.2 Å². The van der Waals surface area contributed by atoms with Crippen molar-refractivity contribution >= 4 is 11.3 Å². The molecule has 0 aliphatic carbocycles. The molecule has 8 heavy (non-hydrogen) atoms. The third kappa shape index (κ3) is 1.24. The van der Waals surface area contributed by atoms with Crippen molar-refractivity contribution in [2.45, 2.75) is 6.54 Å². The van der Waals surface area contributed by atoms with Gasteiger partial charge in [-0.05, 0) is 7.05 Å². The highest BCUT2D eigenvalue weighted by Gasteiger charge is 1.90. The maximum atomic E-state index is 3.76. The third-order valence-electron chi connectivity index (χ3n) is 0.694. The van der Waals surface area contributed by atoms with Gasteiger partial charge in [-0.2, -0.15) is 0 Å². The monoisotopic (exact) mass is 128 g/mol. The van der Waals surface area contributed by atoms with Gasteiger partial charge in [-0.1, -0.05) is 11.3 Å². The number of nitrogens with zero attached hydrogens (tertiary/aromatic N) is 2. The Balaban J connectivity index is 2.50. The zero-order valence-corrected chi connectivity index (χ0v) is 5.33. The molecule has 1 rings (SSSR count). The Hall–Kier alpha value is -0.480. The van der Waals surface area contributed by atoms with Gasteiger partial charge in [0, 0.05) is 6.54 Å². The zero-order chi connectivity index (χ0) is 5.82. The van der Waals surface area contributed by atoms with Crippen LogP contribution in [0.5, 0.6) is 0 Å². The summed E-state index contributed by atoms with van der Waals surface area (Å²) in [6.07, 6.45) is 0. The van der Waals surface area contributed by atoms with Crippen LogP contribution in [-0.4, -0.2) is 17.2 Å². The van der Waals surface area contributed by atoms with Crippen LogP contribution in [0.3, 0.4) is 0 Å². The summed E-state index contributed by atoms with van der Waals surface area (Å²) in [4.78, 5) is 0. The minimum absolute atomic E-state index is 0.793. The molecule has 1 aromatic heterocycles. The summed E-state index contributed by atoms with van der Waals surface area (Å²) in [5, 5.41) is 11.2. The summed E-state index contributed by atoms with van der Waals surface area (Å²) in [5.74, 6) is 0. The fourth-order valence-corrected chi connectivity index (χ4v) is 0.878. The van der Waals surface area contributed by atoms with Crippen LogP contribution in [0, 0.1) is 5.51 Å². The second-order valence-electron chi connectivity index (χ2n) is 1.32. The first-order valence-corrected chi connectivity index (χ1v) is 3.08. The lowest BCUT2D eigenvalue weighted by atomic mass is 10.7. The van der Waals surface area contributed by atoms with Gasteiger partial charge in [-0.3, -0.25) is 0 Å². The molecule has 0 saturated carbocycles. The van der Waals surface area contributed by atoms with Gasteiger partial charge in [-0.25, -0.2) is 0 Å². The van der Waals surface area contributed by atoms with Crippen molar-refractivity contribution in [1.82, 2.24) is 15.5 Å². The molecular weight excluding hydrogens is 122 g/mol. The quantitative estimate of drug-likeness (QED) is 0.612. The van der Waals surface area contributed by atoms with E-state index >= 15 is 0 Å². The molecule has 0 atom stereocenters. The van der Waals surface area contributed by atoms with E-state index in [2.05, 4.69) is 21.0 Å². The predicted molar refractivity (Wildman–Crippen MR) is 31.5 cm³/mol. The van der Waals surface area contributed by atoms with Crippen molar-refractivity contribution in [3.8, 4) is 0 Å². The van der Waals surface area contributed by atoms with E-state index in [4.69, 9.17) is 0 Å². The van der Waals surface area contributed by atoms with Crippen molar-refractivity contribution in [3.05, 3.63) is 10.5 Å². The molecule has 0 amide bonds. The molecule has 43 valence electrons. The number of rotatable bonds is 2. The van der Waals surface area contributed by atoms with Crippen molar-refractivity contribution in [2.24, 2.45) is 0 Å². The molecular formula is C4H6N3S. The van der Waals surface area contributed by atoms with Crippen LogP contribution in [0.4, 0.5) is 0 Å². The Morgan fingerprint density at radius 3 is 3.25 bits per heavy atom. The molecule has 0 spiro atoms. The minimum Gasteiger partial charge on any atom is -0.313 e. The first kappa shape index (κ1) is 5.65. The fourth-order valence-electron chi connectivity index (χ4n) is 0.392. The fraction of sp³-hybridized carbons (Fsp3) is 0.500.